The molecule has 2 N–H and O–H groups in total. The fourth-order valence-corrected chi connectivity index (χ4v) is 3.03. The third-order valence-corrected chi connectivity index (χ3v) is 4.38. The van der Waals surface area contributed by atoms with Gasteiger partial charge in [0.15, 0.2) is 5.82 Å². The smallest absolute Gasteiger partial charge is 0.214 e. The molecule has 3 aromatic rings. The van der Waals surface area contributed by atoms with Crippen molar-refractivity contribution in [3.05, 3.63) is 63.3 Å². The molecule has 0 aliphatic rings. The predicted molar refractivity (Wildman–Crippen MR) is 106 cm³/mol. The fraction of sp³-hybridized carbons (Fsp3) is 0.222. The van der Waals surface area contributed by atoms with Gasteiger partial charge in [-0.3, -0.25) is 0 Å². The summed E-state index contributed by atoms with van der Waals surface area (Å²) in [6.07, 6.45) is 0.966. The summed E-state index contributed by atoms with van der Waals surface area (Å²) in [5, 5.41) is 7.18. The van der Waals surface area contributed by atoms with Crippen LogP contribution in [0.2, 0.25) is 0 Å². The number of aromatic nitrogens is 3. The normalized spacial score (nSPS) is 10.6. The maximum Gasteiger partial charge on any atom is 0.214 e. The predicted octanol–water partition coefficient (Wildman–Crippen LogP) is 4.90. The molecular formula is C18H19BrN4OS. The number of nitrogens with one attached hydrogen (secondary N) is 2. The minimum atomic E-state index is 0.518. The van der Waals surface area contributed by atoms with Crippen LogP contribution in [0.3, 0.4) is 0 Å². The van der Waals surface area contributed by atoms with E-state index in [1.54, 1.807) is 4.68 Å². The first kappa shape index (κ1) is 17.7. The molecule has 0 saturated carbocycles. The number of halogens is 1. The van der Waals surface area contributed by atoms with Crippen LogP contribution in [0.25, 0.3) is 11.4 Å². The number of aromatic amines is 1. The fourth-order valence-electron chi connectivity index (χ4n) is 2.43. The zero-order chi connectivity index (χ0) is 17.6. The standard InChI is InChI=1S/C18H19BrN4OS/c1-2-10-24-16-9-8-15(19)11-14(16)12-20-23-17(21-22-18(23)25)13-6-4-3-5-7-13/h3-9,11,20H,2,10,12H2,1H3,(H,22,25). The largest absolute Gasteiger partial charge is 0.493 e. The van der Waals surface area contributed by atoms with Crippen molar-refractivity contribution in [1.82, 2.24) is 14.9 Å². The van der Waals surface area contributed by atoms with E-state index in [4.69, 9.17) is 17.0 Å². The summed E-state index contributed by atoms with van der Waals surface area (Å²) < 4.78 is 9.15. The third-order valence-electron chi connectivity index (χ3n) is 3.62. The molecule has 0 saturated heterocycles. The third kappa shape index (κ3) is 4.29. The molecule has 0 unspecified atom stereocenters. The molecule has 7 heteroatoms. The number of rotatable bonds is 7. The summed E-state index contributed by atoms with van der Waals surface area (Å²) in [7, 11) is 0. The highest BCUT2D eigenvalue weighted by molar-refractivity contribution is 9.10. The second-order valence-corrected chi connectivity index (χ2v) is 6.79. The Morgan fingerprint density at radius 2 is 2.04 bits per heavy atom. The number of nitrogens with zero attached hydrogens (tertiary/aromatic N) is 2. The highest BCUT2D eigenvalue weighted by Gasteiger charge is 2.10. The van der Waals surface area contributed by atoms with Crippen molar-refractivity contribution in [3.8, 4) is 17.1 Å². The van der Waals surface area contributed by atoms with Gasteiger partial charge < -0.3 is 10.2 Å². The minimum Gasteiger partial charge on any atom is -0.493 e. The van der Waals surface area contributed by atoms with E-state index in [1.165, 1.54) is 0 Å². The highest BCUT2D eigenvalue weighted by Crippen LogP contribution is 2.24. The summed E-state index contributed by atoms with van der Waals surface area (Å²) in [6, 6.07) is 15.9. The first-order valence-corrected chi connectivity index (χ1v) is 9.27. The second-order valence-electron chi connectivity index (χ2n) is 5.49. The second kappa shape index (κ2) is 8.31. The maximum absolute atomic E-state index is 5.84. The Morgan fingerprint density at radius 1 is 1.24 bits per heavy atom. The van der Waals surface area contributed by atoms with E-state index < -0.39 is 0 Å². The maximum atomic E-state index is 5.84. The molecule has 0 aliphatic heterocycles. The molecule has 130 valence electrons. The molecule has 0 bridgehead atoms. The van der Waals surface area contributed by atoms with Gasteiger partial charge >= 0.3 is 0 Å². The summed E-state index contributed by atoms with van der Waals surface area (Å²) in [6.45, 7) is 3.34. The highest BCUT2D eigenvalue weighted by atomic mass is 79.9. The van der Waals surface area contributed by atoms with Gasteiger partial charge in [-0.05, 0) is 36.8 Å². The summed E-state index contributed by atoms with van der Waals surface area (Å²) >= 11 is 8.88. The van der Waals surface area contributed by atoms with Gasteiger partial charge in [0, 0.05) is 15.6 Å². The van der Waals surface area contributed by atoms with E-state index >= 15 is 0 Å². The van der Waals surface area contributed by atoms with Crippen molar-refractivity contribution in [1.29, 1.82) is 0 Å². The lowest BCUT2D eigenvalue weighted by Crippen LogP contribution is -2.16. The number of hydrogen-bond acceptors (Lipinski definition) is 4. The van der Waals surface area contributed by atoms with Gasteiger partial charge in [-0.1, -0.05) is 53.2 Å². The lowest BCUT2D eigenvalue weighted by Gasteiger charge is -2.14. The van der Waals surface area contributed by atoms with Crippen LogP contribution in [-0.2, 0) is 6.54 Å². The Hall–Kier alpha value is -2.12. The van der Waals surface area contributed by atoms with Crippen LogP contribution in [0.4, 0.5) is 0 Å². The Balaban J connectivity index is 1.84. The van der Waals surface area contributed by atoms with Crippen LogP contribution >= 0.6 is 28.1 Å². The van der Waals surface area contributed by atoms with Crippen LogP contribution in [0.15, 0.2) is 53.0 Å². The van der Waals surface area contributed by atoms with Gasteiger partial charge in [-0.15, -0.1) is 0 Å². The average molecular weight is 419 g/mol. The van der Waals surface area contributed by atoms with Crippen LogP contribution in [0.1, 0.15) is 18.9 Å². The van der Waals surface area contributed by atoms with Crippen LogP contribution in [0, 0.1) is 4.77 Å². The quantitative estimate of drug-likeness (QED) is 0.535. The first-order chi connectivity index (χ1) is 12.2. The van der Waals surface area contributed by atoms with Crippen molar-refractivity contribution in [3.63, 3.8) is 0 Å². The number of hydrogen-bond donors (Lipinski definition) is 2. The molecule has 1 aromatic heterocycles. The van der Waals surface area contributed by atoms with Crippen molar-refractivity contribution in [2.45, 2.75) is 19.9 Å². The van der Waals surface area contributed by atoms with Crippen molar-refractivity contribution >= 4 is 28.1 Å². The van der Waals surface area contributed by atoms with Crippen molar-refractivity contribution in [2.75, 3.05) is 12.0 Å². The lowest BCUT2D eigenvalue weighted by molar-refractivity contribution is 0.314. The van der Waals surface area contributed by atoms with Gasteiger partial charge in [0.25, 0.3) is 0 Å². The SMILES string of the molecule is CCCOc1ccc(Br)cc1CNn1c(-c2ccccc2)n[nH]c1=S. The van der Waals surface area contributed by atoms with E-state index in [0.717, 1.165) is 33.6 Å². The first-order valence-electron chi connectivity index (χ1n) is 8.07. The summed E-state index contributed by atoms with van der Waals surface area (Å²) in [5.74, 6) is 1.62. The zero-order valence-electron chi connectivity index (χ0n) is 13.8. The van der Waals surface area contributed by atoms with Gasteiger partial charge in [-0.2, -0.15) is 5.10 Å². The van der Waals surface area contributed by atoms with Crippen molar-refractivity contribution < 1.29 is 4.74 Å². The van der Waals surface area contributed by atoms with Crippen molar-refractivity contribution in [2.24, 2.45) is 0 Å². The molecule has 25 heavy (non-hydrogen) atoms. The van der Waals surface area contributed by atoms with Gasteiger partial charge in [0.05, 0.1) is 13.2 Å². The van der Waals surface area contributed by atoms with Gasteiger partial charge in [-0.25, -0.2) is 9.77 Å². The van der Waals surface area contributed by atoms with Crippen LogP contribution in [-0.4, -0.2) is 21.5 Å². The zero-order valence-corrected chi connectivity index (χ0v) is 16.2. The van der Waals surface area contributed by atoms with Crippen LogP contribution < -0.4 is 10.2 Å². The molecular weight excluding hydrogens is 400 g/mol. The Bertz CT molecular complexity index is 892. The average Bonchev–Trinajstić information content (AvgIpc) is 3.00. The summed E-state index contributed by atoms with van der Waals surface area (Å²) in [4.78, 5) is 0. The van der Waals surface area contributed by atoms with Gasteiger partial charge in [0.2, 0.25) is 4.77 Å². The van der Waals surface area contributed by atoms with E-state index in [2.05, 4.69) is 38.5 Å². The Morgan fingerprint density at radius 3 is 2.80 bits per heavy atom. The minimum absolute atomic E-state index is 0.518. The van der Waals surface area contributed by atoms with E-state index in [-0.39, 0.29) is 0 Å². The molecule has 3 rings (SSSR count). The molecule has 0 atom stereocenters. The molecule has 2 aromatic carbocycles. The molecule has 0 aliphatic carbocycles. The molecule has 0 amide bonds. The topological polar surface area (TPSA) is 54.9 Å². The Labute approximate surface area is 160 Å². The number of benzene rings is 2. The number of H-pyrrole nitrogens is 1. The van der Waals surface area contributed by atoms with Gasteiger partial charge in [0.1, 0.15) is 5.75 Å². The molecule has 1 heterocycles. The van der Waals surface area contributed by atoms with E-state index in [9.17, 15) is 0 Å². The molecule has 0 spiro atoms. The van der Waals surface area contributed by atoms with E-state index in [0.29, 0.717) is 17.9 Å². The molecule has 5 nitrogen and oxygen atoms in total. The Kier molecular flexibility index (Phi) is 5.88. The number of ether oxygens (including phenoxy) is 1. The molecule has 0 radical (unpaired) electrons. The molecule has 0 fully saturated rings. The van der Waals surface area contributed by atoms with Crippen LogP contribution in [0.5, 0.6) is 5.75 Å². The van der Waals surface area contributed by atoms with E-state index in [1.807, 2.05) is 48.5 Å². The lowest BCUT2D eigenvalue weighted by atomic mass is 10.2. The summed E-state index contributed by atoms with van der Waals surface area (Å²) in [5.41, 5.74) is 5.37. The monoisotopic (exact) mass is 418 g/mol.